The molecule has 0 atom stereocenters. The molecule has 1 rings (SSSR count). The van der Waals surface area contributed by atoms with Gasteiger partial charge < -0.3 is 4.74 Å². The molecule has 59 valence electrons. The summed E-state index contributed by atoms with van der Waals surface area (Å²) in [5.74, 6) is 0. The van der Waals surface area contributed by atoms with Crippen molar-refractivity contribution in [3.05, 3.63) is 6.23 Å². The minimum atomic E-state index is 0.922. The lowest BCUT2D eigenvalue weighted by Gasteiger charge is -2.22. The monoisotopic (exact) mass is 142 g/mol. The van der Waals surface area contributed by atoms with Gasteiger partial charge in [0.05, 0.1) is 0 Å². The van der Waals surface area contributed by atoms with Crippen LogP contribution in [0.4, 0.5) is 0 Å². The molecule has 1 radical (unpaired) electrons. The molecule has 0 unspecified atom stereocenters. The van der Waals surface area contributed by atoms with Gasteiger partial charge in [0.25, 0.3) is 0 Å². The smallest absolute Gasteiger partial charge is 0.164 e. The van der Waals surface area contributed by atoms with Crippen LogP contribution < -0.4 is 0 Å². The fourth-order valence-corrected chi connectivity index (χ4v) is 1.31. The molecular formula is C8H16NO. The normalized spacial score (nSPS) is 20.7. The Labute approximate surface area is 63.2 Å². The SMILES string of the molecule is CCN(CC)[C]1CCCO1. The van der Waals surface area contributed by atoms with Crippen LogP contribution >= 0.6 is 0 Å². The van der Waals surface area contributed by atoms with Crippen LogP contribution in [0.5, 0.6) is 0 Å². The van der Waals surface area contributed by atoms with E-state index in [9.17, 15) is 0 Å². The summed E-state index contributed by atoms with van der Waals surface area (Å²) in [6, 6.07) is 0. The van der Waals surface area contributed by atoms with Gasteiger partial charge in [0, 0.05) is 6.61 Å². The topological polar surface area (TPSA) is 12.5 Å². The standard InChI is InChI=1S/C8H16NO/c1-3-9(4-2)8-6-5-7-10-8/h3-7H2,1-2H3. The second kappa shape index (κ2) is 3.94. The first-order chi connectivity index (χ1) is 4.88. The number of hydrogen-bond donors (Lipinski definition) is 0. The van der Waals surface area contributed by atoms with Crippen LogP contribution in [0.15, 0.2) is 0 Å². The second-order valence-electron chi connectivity index (χ2n) is 2.52. The van der Waals surface area contributed by atoms with E-state index in [4.69, 9.17) is 4.74 Å². The Morgan fingerprint density at radius 3 is 2.50 bits per heavy atom. The average Bonchev–Trinajstić information content (AvgIpc) is 2.43. The highest BCUT2D eigenvalue weighted by Crippen LogP contribution is 2.22. The molecular weight excluding hydrogens is 126 g/mol. The van der Waals surface area contributed by atoms with E-state index in [1.807, 2.05) is 0 Å². The molecule has 0 amide bonds. The van der Waals surface area contributed by atoms with Crippen LogP contribution in [0, 0.1) is 6.23 Å². The van der Waals surface area contributed by atoms with Gasteiger partial charge in [0.1, 0.15) is 0 Å². The first-order valence-electron chi connectivity index (χ1n) is 4.12. The molecule has 1 aliphatic rings. The average molecular weight is 142 g/mol. The van der Waals surface area contributed by atoms with Gasteiger partial charge in [0.15, 0.2) is 6.23 Å². The Bertz CT molecular complexity index is 85.3. The quantitative estimate of drug-likeness (QED) is 0.594. The lowest BCUT2D eigenvalue weighted by atomic mass is 10.3. The zero-order valence-corrected chi connectivity index (χ0v) is 6.89. The maximum atomic E-state index is 5.44. The number of ether oxygens (including phenoxy) is 1. The third-order valence-electron chi connectivity index (χ3n) is 1.92. The van der Waals surface area contributed by atoms with Crippen molar-refractivity contribution < 1.29 is 4.74 Å². The van der Waals surface area contributed by atoms with Gasteiger partial charge in [0.2, 0.25) is 0 Å². The molecule has 0 aliphatic carbocycles. The highest BCUT2D eigenvalue weighted by molar-refractivity contribution is 4.82. The van der Waals surface area contributed by atoms with Crippen LogP contribution in [-0.2, 0) is 4.74 Å². The van der Waals surface area contributed by atoms with E-state index < -0.39 is 0 Å². The van der Waals surface area contributed by atoms with Gasteiger partial charge in [-0.15, -0.1) is 0 Å². The third-order valence-corrected chi connectivity index (χ3v) is 1.92. The van der Waals surface area contributed by atoms with Crippen molar-refractivity contribution in [2.24, 2.45) is 0 Å². The second-order valence-corrected chi connectivity index (χ2v) is 2.52. The predicted octanol–water partition coefficient (Wildman–Crippen LogP) is 1.63. The van der Waals surface area contributed by atoms with Crippen molar-refractivity contribution in [3.63, 3.8) is 0 Å². The summed E-state index contributed by atoms with van der Waals surface area (Å²) < 4.78 is 5.44. The molecule has 0 aromatic rings. The van der Waals surface area contributed by atoms with Crippen molar-refractivity contribution in [2.75, 3.05) is 19.7 Å². The molecule has 0 aromatic carbocycles. The van der Waals surface area contributed by atoms with Gasteiger partial charge >= 0.3 is 0 Å². The third kappa shape index (κ3) is 1.70. The first-order valence-corrected chi connectivity index (χ1v) is 4.12. The predicted molar refractivity (Wildman–Crippen MR) is 41.4 cm³/mol. The summed E-state index contributed by atoms with van der Waals surface area (Å²) in [6.07, 6.45) is 3.54. The number of hydrogen-bond acceptors (Lipinski definition) is 2. The van der Waals surface area contributed by atoms with E-state index in [0.29, 0.717) is 0 Å². The summed E-state index contributed by atoms with van der Waals surface area (Å²) in [5, 5.41) is 0. The van der Waals surface area contributed by atoms with Gasteiger partial charge in [-0.05, 0) is 25.9 Å². The summed E-state index contributed by atoms with van der Waals surface area (Å²) >= 11 is 0. The molecule has 10 heavy (non-hydrogen) atoms. The zero-order chi connectivity index (χ0) is 7.40. The minimum absolute atomic E-state index is 0.922. The fourth-order valence-electron chi connectivity index (χ4n) is 1.31. The lowest BCUT2D eigenvalue weighted by Crippen LogP contribution is -2.27. The Kier molecular flexibility index (Phi) is 3.16. The van der Waals surface area contributed by atoms with Crippen molar-refractivity contribution >= 4 is 0 Å². The van der Waals surface area contributed by atoms with Crippen LogP contribution in [0.1, 0.15) is 26.7 Å². The van der Waals surface area contributed by atoms with Gasteiger partial charge in [-0.25, -0.2) is 0 Å². The Balaban J connectivity index is 2.29. The maximum absolute atomic E-state index is 5.44. The fraction of sp³-hybridized carbons (Fsp3) is 0.875. The minimum Gasteiger partial charge on any atom is -0.356 e. The molecule has 0 saturated carbocycles. The molecule has 2 nitrogen and oxygen atoms in total. The van der Waals surface area contributed by atoms with Crippen molar-refractivity contribution in [1.82, 2.24) is 4.90 Å². The molecule has 0 bridgehead atoms. The molecule has 0 aromatic heterocycles. The largest absolute Gasteiger partial charge is 0.356 e. The number of nitrogens with zero attached hydrogens (tertiary/aromatic N) is 1. The molecule has 1 fully saturated rings. The summed E-state index contributed by atoms with van der Waals surface area (Å²) in [6.45, 7) is 7.40. The van der Waals surface area contributed by atoms with Gasteiger partial charge in [-0.3, -0.25) is 4.90 Å². The summed E-state index contributed by atoms with van der Waals surface area (Å²) in [5.41, 5.74) is 0. The van der Waals surface area contributed by atoms with E-state index in [2.05, 4.69) is 18.7 Å². The Hall–Kier alpha value is -0.0800. The van der Waals surface area contributed by atoms with Crippen molar-refractivity contribution in [3.8, 4) is 0 Å². The van der Waals surface area contributed by atoms with E-state index in [0.717, 1.165) is 26.1 Å². The molecule has 1 aliphatic heterocycles. The van der Waals surface area contributed by atoms with E-state index in [1.54, 1.807) is 0 Å². The number of rotatable bonds is 3. The molecule has 0 N–H and O–H groups in total. The van der Waals surface area contributed by atoms with E-state index in [-0.39, 0.29) is 0 Å². The molecule has 0 spiro atoms. The van der Waals surface area contributed by atoms with Crippen LogP contribution in [0.2, 0.25) is 0 Å². The Morgan fingerprint density at radius 2 is 2.10 bits per heavy atom. The van der Waals surface area contributed by atoms with Gasteiger partial charge in [-0.2, -0.15) is 0 Å². The summed E-state index contributed by atoms with van der Waals surface area (Å²) in [4.78, 5) is 2.28. The van der Waals surface area contributed by atoms with Gasteiger partial charge in [-0.1, -0.05) is 13.8 Å². The maximum Gasteiger partial charge on any atom is 0.164 e. The molecule has 2 heteroatoms. The highest BCUT2D eigenvalue weighted by atomic mass is 16.5. The highest BCUT2D eigenvalue weighted by Gasteiger charge is 2.21. The van der Waals surface area contributed by atoms with E-state index >= 15 is 0 Å². The molecule has 1 saturated heterocycles. The Morgan fingerprint density at radius 1 is 1.40 bits per heavy atom. The van der Waals surface area contributed by atoms with Crippen molar-refractivity contribution in [2.45, 2.75) is 26.7 Å². The first kappa shape index (κ1) is 8.02. The van der Waals surface area contributed by atoms with Crippen LogP contribution in [0.3, 0.4) is 0 Å². The van der Waals surface area contributed by atoms with E-state index in [1.165, 1.54) is 12.6 Å². The van der Waals surface area contributed by atoms with Crippen LogP contribution in [0.25, 0.3) is 0 Å². The molecule has 1 heterocycles. The lowest BCUT2D eigenvalue weighted by molar-refractivity contribution is 0.0807. The van der Waals surface area contributed by atoms with Crippen LogP contribution in [-0.4, -0.2) is 24.6 Å². The van der Waals surface area contributed by atoms with Crippen molar-refractivity contribution in [1.29, 1.82) is 0 Å². The zero-order valence-electron chi connectivity index (χ0n) is 6.89. The summed E-state index contributed by atoms with van der Waals surface area (Å²) in [7, 11) is 0.